The molecule has 2 heterocycles. The van der Waals surface area contributed by atoms with E-state index >= 15 is 0 Å². The van der Waals surface area contributed by atoms with Crippen LogP contribution in [0.3, 0.4) is 0 Å². The zero-order valence-electron chi connectivity index (χ0n) is 10.8. The number of hydrogen-bond acceptors (Lipinski definition) is 4. The standard InChI is InChI=1S/C12H18N2O2S2/c1-4-7(2)5-9(15)13-10-11-8(6-17-18-11)14(3)12(10)16/h6-7,10-11H,4-5H2,1-3H3,(H,13,15). The summed E-state index contributed by atoms with van der Waals surface area (Å²) in [5, 5.41) is 4.96. The number of hydrogen-bond donors (Lipinski definition) is 1. The average molecular weight is 286 g/mol. The topological polar surface area (TPSA) is 49.4 Å². The van der Waals surface area contributed by atoms with Gasteiger partial charge < -0.3 is 10.2 Å². The molecule has 4 nitrogen and oxygen atoms in total. The van der Waals surface area contributed by atoms with Gasteiger partial charge in [-0.1, -0.05) is 41.9 Å². The molecule has 100 valence electrons. The first-order valence-electron chi connectivity index (χ1n) is 6.13. The Bertz CT molecular complexity index is 398. The molecule has 1 fully saturated rings. The maximum absolute atomic E-state index is 12.1. The Balaban J connectivity index is 1.99. The molecule has 0 aromatic heterocycles. The van der Waals surface area contributed by atoms with Gasteiger partial charge in [-0.15, -0.1) is 0 Å². The van der Waals surface area contributed by atoms with Gasteiger partial charge in [-0.3, -0.25) is 9.59 Å². The van der Waals surface area contributed by atoms with E-state index in [1.165, 1.54) is 0 Å². The molecule has 0 spiro atoms. The fraction of sp³-hybridized carbons (Fsp3) is 0.667. The molecule has 2 aliphatic heterocycles. The van der Waals surface area contributed by atoms with E-state index in [1.807, 2.05) is 12.3 Å². The second-order valence-corrected chi connectivity index (χ2v) is 7.10. The van der Waals surface area contributed by atoms with E-state index in [4.69, 9.17) is 0 Å². The maximum atomic E-state index is 12.1. The van der Waals surface area contributed by atoms with E-state index in [0.717, 1.165) is 12.1 Å². The van der Waals surface area contributed by atoms with Crippen molar-refractivity contribution >= 4 is 33.4 Å². The molecule has 0 aliphatic carbocycles. The second-order valence-electron chi connectivity index (χ2n) is 4.82. The lowest BCUT2D eigenvalue weighted by atomic mass is 10.0. The first-order valence-corrected chi connectivity index (χ1v) is 8.41. The molecule has 3 unspecified atom stereocenters. The lowest BCUT2D eigenvalue weighted by molar-refractivity contribution is -0.131. The van der Waals surface area contributed by atoms with Crippen molar-refractivity contribution in [3.63, 3.8) is 0 Å². The highest BCUT2D eigenvalue weighted by atomic mass is 33.1. The Morgan fingerprint density at radius 3 is 3.00 bits per heavy atom. The number of carbonyl (C=O) groups excluding carboxylic acids is 2. The third-order valence-corrected chi connectivity index (χ3v) is 5.87. The molecule has 1 saturated heterocycles. The van der Waals surface area contributed by atoms with Crippen molar-refractivity contribution in [1.29, 1.82) is 0 Å². The van der Waals surface area contributed by atoms with Crippen LogP contribution in [0.1, 0.15) is 26.7 Å². The number of rotatable bonds is 4. The maximum Gasteiger partial charge on any atom is 0.250 e. The molecule has 0 radical (unpaired) electrons. The molecule has 6 heteroatoms. The Kier molecular flexibility index (Phi) is 4.27. The van der Waals surface area contributed by atoms with Crippen LogP contribution in [0.25, 0.3) is 0 Å². The lowest BCUT2D eigenvalue weighted by Crippen LogP contribution is -2.44. The molecule has 0 bridgehead atoms. The van der Waals surface area contributed by atoms with Gasteiger partial charge in [0.15, 0.2) is 0 Å². The molecule has 0 aromatic rings. The first kappa shape index (κ1) is 13.8. The highest BCUT2D eigenvalue weighted by molar-refractivity contribution is 8.78. The van der Waals surface area contributed by atoms with Crippen LogP contribution in [-0.2, 0) is 9.59 Å². The van der Waals surface area contributed by atoms with Gasteiger partial charge in [0.05, 0.1) is 5.25 Å². The summed E-state index contributed by atoms with van der Waals surface area (Å²) in [7, 11) is 5.04. The van der Waals surface area contributed by atoms with Crippen molar-refractivity contribution in [3.8, 4) is 0 Å². The van der Waals surface area contributed by atoms with Crippen molar-refractivity contribution in [2.45, 2.75) is 38.0 Å². The van der Waals surface area contributed by atoms with Gasteiger partial charge in [0.2, 0.25) is 5.91 Å². The Morgan fingerprint density at radius 2 is 2.33 bits per heavy atom. The number of likely N-dealkylation sites (N-methyl/N-ethyl adjacent to an activating group) is 1. The van der Waals surface area contributed by atoms with E-state index in [2.05, 4.69) is 12.2 Å². The fourth-order valence-electron chi connectivity index (χ4n) is 2.05. The van der Waals surface area contributed by atoms with Gasteiger partial charge in [0.1, 0.15) is 6.04 Å². The van der Waals surface area contributed by atoms with Crippen LogP contribution < -0.4 is 5.32 Å². The van der Waals surface area contributed by atoms with E-state index in [1.54, 1.807) is 33.5 Å². The largest absolute Gasteiger partial charge is 0.343 e. The van der Waals surface area contributed by atoms with E-state index in [0.29, 0.717) is 12.3 Å². The molecule has 3 atom stereocenters. The van der Waals surface area contributed by atoms with Crippen LogP contribution in [0.5, 0.6) is 0 Å². The van der Waals surface area contributed by atoms with Crippen LogP contribution in [0.2, 0.25) is 0 Å². The normalized spacial score (nSPS) is 28.1. The third-order valence-electron chi connectivity index (χ3n) is 3.45. The summed E-state index contributed by atoms with van der Waals surface area (Å²) in [6, 6.07) is -0.391. The highest BCUT2D eigenvalue weighted by Gasteiger charge is 2.46. The van der Waals surface area contributed by atoms with Crippen LogP contribution in [0.4, 0.5) is 0 Å². The molecule has 0 aromatic carbocycles. The summed E-state index contributed by atoms with van der Waals surface area (Å²) >= 11 is 0. The van der Waals surface area contributed by atoms with Crippen molar-refractivity contribution in [2.75, 3.05) is 7.05 Å². The molecule has 2 aliphatic rings. The Labute approximate surface area is 115 Å². The van der Waals surface area contributed by atoms with Crippen molar-refractivity contribution in [3.05, 3.63) is 11.1 Å². The zero-order chi connectivity index (χ0) is 13.3. The predicted molar refractivity (Wildman–Crippen MR) is 75.8 cm³/mol. The van der Waals surface area contributed by atoms with Crippen LogP contribution in [-0.4, -0.2) is 35.1 Å². The number of fused-ring (bicyclic) bond motifs is 1. The summed E-state index contributed by atoms with van der Waals surface area (Å²) in [4.78, 5) is 25.6. The number of likely N-dealkylation sites (tertiary alicyclic amines) is 1. The van der Waals surface area contributed by atoms with Gasteiger partial charge in [-0.05, 0) is 5.92 Å². The van der Waals surface area contributed by atoms with Crippen molar-refractivity contribution < 1.29 is 9.59 Å². The summed E-state index contributed by atoms with van der Waals surface area (Å²) in [5.41, 5.74) is 1.02. The smallest absolute Gasteiger partial charge is 0.250 e. The Morgan fingerprint density at radius 1 is 1.61 bits per heavy atom. The van der Waals surface area contributed by atoms with Crippen molar-refractivity contribution in [2.24, 2.45) is 5.92 Å². The highest BCUT2D eigenvalue weighted by Crippen LogP contribution is 2.46. The van der Waals surface area contributed by atoms with E-state index in [9.17, 15) is 9.59 Å². The van der Waals surface area contributed by atoms with Gasteiger partial charge in [-0.2, -0.15) is 0 Å². The number of nitrogens with zero attached hydrogens (tertiary/aromatic N) is 1. The molecular weight excluding hydrogens is 268 g/mol. The molecule has 1 N–H and O–H groups in total. The SMILES string of the molecule is CCC(C)CC(=O)NC1C(=O)N(C)C2=CSSC21. The summed E-state index contributed by atoms with van der Waals surface area (Å²) in [5.74, 6) is 0.339. The minimum atomic E-state index is -0.391. The van der Waals surface area contributed by atoms with Crippen molar-refractivity contribution in [1.82, 2.24) is 10.2 Å². The van der Waals surface area contributed by atoms with Gasteiger partial charge in [0, 0.05) is 24.6 Å². The molecule has 0 saturated carbocycles. The first-order chi connectivity index (χ1) is 8.54. The van der Waals surface area contributed by atoms with E-state index < -0.39 is 6.04 Å². The van der Waals surface area contributed by atoms with Crippen LogP contribution in [0, 0.1) is 5.92 Å². The summed E-state index contributed by atoms with van der Waals surface area (Å²) in [6.07, 6.45) is 1.47. The van der Waals surface area contributed by atoms with Gasteiger partial charge >= 0.3 is 0 Å². The zero-order valence-corrected chi connectivity index (χ0v) is 12.4. The minimum absolute atomic E-state index is 0.00319. The number of amides is 2. The minimum Gasteiger partial charge on any atom is -0.343 e. The molecular formula is C12H18N2O2S2. The predicted octanol–water partition coefficient (Wildman–Crippen LogP) is 1.98. The van der Waals surface area contributed by atoms with Gasteiger partial charge in [0.25, 0.3) is 5.91 Å². The monoisotopic (exact) mass is 286 g/mol. The second kappa shape index (κ2) is 5.57. The number of nitrogens with one attached hydrogen (secondary N) is 1. The molecule has 18 heavy (non-hydrogen) atoms. The Hall–Kier alpha value is -0.620. The lowest BCUT2D eigenvalue weighted by Gasteiger charge is -2.16. The summed E-state index contributed by atoms with van der Waals surface area (Å²) in [6.45, 7) is 4.12. The quantitative estimate of drug-likeness (QED) is 0.803. The molecule has 2 amide bonds. The van der Waals surface area contributed by atoms with Crippen LogP contribution >= 0.6 is 21.6 Å². The fourth-order valence-corrected chi connectivity index (χ4v) is 4.78. The van der Waals surface area contributed by atoms with Crippen LogP contribution in [0.15, 0.2) is 11.1 Å². The third kappa shape index (κ3) is 2.54. The van der Waals surface area contributed by atoms with Gasteiger partial charge in [-0.25, -0.2) is 0 Å². The summed E-state index contributed by atoms with van der Waals surface area (Å²) < 4.78 is 0. The molecule has 2 rings (SSSR count). The average Bonchev–Trinajstić information content (AvgIpc) is 2.89. The van der Waals surface area contributed by atoms with E-state index in [-0.39, 0.29) is 17.1 Å². The number of carbonyl (C=O) groups is 2.